The molecule has 0 radical (unpaired) electrons. The van der Waals surface area contributed by atoms with E-state index in [9.17, 15) is 0 Å². The summed E-state index contributed by atoms with van der Waals surface area (Å²) in [7, 11) is 0. The van der Waals surface area contributed by atoms with E-state index in [1.165, 1.54) is 151 Å². The third-order valence-electron chi connectivity index (χ3n) is 12.3. The Labute approximate surface area is 305 Å². The van der Waals surface area contributed by atoms with Crippen LogP contribution >= 0.6 is 0 Å². The second kappa shape index (κ2) is 19.3. The summed E-state index contributed by atoms with van der Waals surface area (Å²) in [6.45, 7) is 4.46. The lowest BCUT2D eigenvalue weighted by Gasteiger charge is -2.49. The standard InChI is InChI=1S/C46H70O4/c1-45(2,47-39-26-18-12-6-3-7-13-19-27-39)46(48-40-28-20-14-8-4-9-15-21-29-40,49-41-30-22-16-10-5-11-17-23-31-41)50-43-36-35-38-34-33-37-25-24-32-42(43)44(37)38/h24-25,32-36,39-41H,3-23,26-31H2,1-2H3. The average Bonchev–Trinajstić information content (AvgIpc) is 3.55. The molecule has 0 aliphatic heterocycles. The molecule has 0 atom stereocenters. The molecule has 278 valence electrons. The van der Waals surface area contributed by atoms with Crippen molar-refractivity contribution in [2.75, 3.05) is 0 Å². The van der Waals surface area contributed by atoms with Gasteiger partial charge in [0.05, 0.1) is 18.3 Å². The van der Waals surface area contributed by atoms with Crippen LogP contribution in [-0.2, 0) is 14.2 Å². The van der Waals surface area contributed by atoms with Crippen molar-refractivity contribution in [1.29, 1.82) is 0 Å². The fraction of sp³-hybridized carbons (Fsp3) is 0.739. The Bertz CT molecular complexity index is 1260. The highest BCUT2D eigenvalue weighted by atomic mass is 16.9. The summed E-state index contributed by atoms with van der Waals surface area (Å²) in [6.07, 6.45) is 38.2. The van der Waals surface area contributed by atoms with Gasteiger partial charge < -0.3 is 18.9 Å². The molecule has 0 amide bonds. The van der Waals surface area contributed by atoms with E-state index in [1.54, 1.807) is 0 Å². The lowest BCUT2D eigenvalue weighted by Crippen LogP contribution is -2.63. The molecule has 0 saturated heterocycles. The highest BCUT2D eigenvalue weighted by Crippen LogP contribution is 2.44. The second-order valence-corrected chi connectivity index (χ2v) is 16.8. The molecule has 0 aromatic heterocycles. The molecule has 0 spiro atoms. The molecule has 3 fully saturated rings. The zero-order chi connectivity index (χ0) is 34.5. The number of rotatable bonds is 9. The van der Waals surface area contributed by atoms with Crippen LogP contribution in [0.3, 0.4) is 0 Å². The highest BCUT2D eigenvalue weighted by Gasteiger charge is 2.56. The Morgan fingerprint density at radius 2 is 0.820 bits per heavy atom. The van der Waals surface area contributed by atoms with Gasteiger partial charge in [0.15, 0.2) is 5.60 Å². The van der Waals surface area contributed by atoms with Gasteiger partial charge in [-0.15, -0.1) is 0 Å². The van der Waals surface area contributed by atoms with Crippen LogP contribution in [0.5, 0.6) is 5.75 Å². The number of ether oxygens (including phenoxy) is 4. The molecule has 50 heavy (non-hydrogen) atoms. The van der Waals surface area contributed by atoms with Gasteiger partial charge in [0.25, 0.3) is 0 Å². The van der Waals surface area contributed by atoms with E-state index in [2.05, 4.69) is 56.3 Å². The van der Waals surface area contributed by atoms with E-state index in [0.29, 0.717) is 0 Å². The zero-order valence-corrected chi connectivity index (χ0v) is 32.0. The summed E-state index contributed by atoms with van der Waals surface area (Å²) in [5, 5.41) is 2.40. The fourth-order valence-electron chi connectivity index (χ4n) is 9.21. The van der Waals surface area contributed by atoms with Crippen LogP contribution in [0.2, 0.25) is 0 Å². The van der Waals surface area contributed by atoms with Crippen LogP contribution in [0, 0.1) is 0 Å². The maximum absolute atomic E-state index is 7.59. The molecule has 3 saturated carbocycles. The van der Waals surface area contributed by atoms with Crippen LogP contribution in [0.1, 0.15) is 198 Å². The minimum Gasteiger partial charge on any atom is -0.436 e. The lowest BCUT2D eigenvalue weighted by molar-refractivity contribution is -0.438. The molecular weight excluding hydrogens is 617 g/mol. The van der Waals surface area contributed by atoms with Crippen LogP contribution in [-0.4, -0.2) is 29.9 Å². The van der Waals surface area contributed by atoms with Crippen LogP contribution in [0.15, 0.2) is 30.3 Å². The smallest absolute Gasteiger partial charge is 0.357 e. The lowest BCUT2D eigenvalue weighted by atomic mass is 9.96. The van der Waals surface area contributed by atoms with Gasteiger partial charge in [-0.1, -0.05) is 171 Å². The molecule has 4 nitrogen and oxygen atoms in total. The molecule has 4 aliphatic carbocycles. The molecule has 0 N–H and O–H groups in total. The van der Waals surface area contributed by atoms with E-state index < -0.39 is 11.6 Å². The molecule has 4 aliphatic rings. The molecule has 0 bridgehead atoms. The van der Waals surface area contributed by atoms with Gasteiger partial charge in [-0.05, 0) is 75.0 Å². The summed E-state index contributed by atoms with van der Waals surface area (Å²) in [6, 6.07) is 11.0. The molecular formula is C46H70O4. The maximum Gasteiger partial charge on any atom is 0.357 e. The predicted octanol–water partition coefficient (Wildman–Crippen LogP) is 13.9. The van der Waals surface area contributed by atoms with E-state index >= 15 is 0 Å². The number of hydrogen-bond acceptors (Lipinski definition) is 4. The minimum absolute atomic E-state index is 0.0676. The van der Waals surface area contributed by atoms with Gasteiger partial charge in [-0.25, -0.2) is 0 Å². The van der Waals surface area contributed by atoms with Crippen molar-refractivity contribution in [3.05, 3.63) is 41.5 Å². The summed E-state index contributed by atoms with van der Waals surface area (Å²) in [5.41, 5.74) is 1.67. The molecule has 6 rings (SSSR count). The van der Waals surface area contributed by atoms with Gasteiger partial charge in [-0.3, -0.25) is 0 Å². The Morgan fingerprint density at radius 1 is 0.440 bits per heavy atom. The first-order valence-corrected chi connectivity index (χ1v) is 21.5. The SMILES string of the molecule is CC(C)(OC1CCCCCCCCC1)C(Oc1ccc2c3c(cccc13)C=C2)(OC1CCCCCCCCC1)OC1CCCCCCCCC1. The largest absolute Gasteiger partial charge is 0.436 e. The maximum atomic E-state index is 7.59. The monoisotopic (exact) mass is 687 g/mol. The molecule has 0 heterocycles. The third-order valence-corrected chi connectivity index (χ3v) is 12.3. The van der Waals surface area contributed by atoms with Gasteiger partial charge in [-0.2, -0.15) is 0 Å². The molecule has 0 unspecified atom stereocenters. The Balaban J connectivity index is 1.40. The number of hydrogen-bond donors (Lipinski definition) is 0. The van der Waals surface area contributed by atoms with Gasteiger partial charge >= 0.3 is 5.97 Å². The number of benzene rings is 2. The van der Waals surface area contributed by atoms with Crippen LogP contribution < -0.4 is 4.74 Å². The molecule has 2 aromatic rings. The summed E-state index contributed by atoms with van der Waals surface area (Å²) in [4.78, 5) is 0. The van der Waals surface area contributed by atoms with Crippen molar-refractivity contribution >= 4 is 22.9 Å². The van der Waals surface area contributed by atoms with E-state index in [-0.39, 0.29) is 18.3 Å². The first-order chi connectivity index (χ1) is 24.5. The quantitative estimate of drug-likeness (QED) is 0.210. The summed E-state index contributed by atoms with van der Waals surface area (Å²) >= 11 is 0. The van der Waals surface area contributed by atoms with Gasteiger partial charge in [0, 0.05) is 5.39 Å². The normalized spacial score (nSPS) is 22.4. The zero-order valence-electron chi connectivity index (χ0n) is 32.0. The van der Waals surface area contributed by atoms with E-state index in [0.717, 1.165) is 49.7 Å². The molecule has 2 aromatic carbocycles. The van der Waals surface area contributed by atoms with Crippen molar-refractivity contribution in [3.63, 3.8) is 0 Å². The topological polar surface area (TPSA) is 36.9 Å². The average molecular weight is 687 g/mol. The predicted molar refractivity (Wildman–Crippen MR) is 210 cm³/mol. The van der Waals surface area contributed by atoms with Gasteiger partial charge in [0.1, 0.15) is 5.75 Å². The van der Waals surface area contributed by atoms with Gasteiger partial charge in [0.2, 0.25) is 0 Å². The third kappa shape index (κ3) is 10.4. The fourth-order valence-corrected chi connectivity index (χ4v) is 9.21. The highest BCUT2D eigenvalue weighted by molar-refractivity contribution is 6.07. The first kappa shape index (κ1) is 37.9. The van der Waals surface area contributed by atoms with Crippen LogP contribution in [0.25, 0.3) is 22.9 Å². The van der Waals surface area contributed by atoms with Crippen molar-refractivity contribution in [1.82, 2.24) is 0 Å². The minimum atomic E-state index is -1.38. The van der Waals surface area contributed by atoms with E-state index in [1.807, 2.05) is 0 Å². The van der Waals surface area contributed by atoms with Crippen molar-refractivity contribution in [2.24, 2.45) is 0 Å². The first-order valence-electron chi connectivity index (χ1n) is 21.5. The van der Waals surface area contributed by atoms with E-state index in [4.69, 9.17) is 18.9 Å². The van der Waals surface area contributed by atoms with Crippen molar-refractivity contribution in [3.8, 4) is 5.75 Å². The second-order valence-electron chi connectivity index (χ2n) is 16.8. The van der Waals surface area contributed by atoms with Crippen molar-refractivity contribution in [2.45, 2.75) is 217 Å². The van der Waals surface area contributed by atoms with Crippen LogP contribution in [0.4, 0.5) is 0 Å². The molecule has 4 heteroatoms. The summed E-state index contributed by atoms with van der Waals surface area (Å²) < 4.78 is 30.1. The Morgan fingerprint density at radius 3 is 1.26 bits per heavy atom. The Kier molecular flexibility index (Phi) is 14.6. The van der Waals surface area contributed by atoms with Crippen molar-refractivity contribution < 1.29 is 18.9 Å². The Hall–Kier alpha value is -1.88. The summed E-state index contributed by atoms with van der Waals surface area (Å²) in [5.74, 6) is -0.533.